The summed E-state index contributed by atoms with van der Waals surface area (Å²) in [7, 11) is 0. The lowest BCUT2D eigenvalue weighted by Gasteiger charge is -2.30. The van der Waals surface area contributed by atoms with Crippen molar-refractivity contribution in [2.75, 3.05) is 13.1 Å². The number of fused-ring (bicyclic) bond motifs is 1. The molecular formula is C24H26N2O3. The number of rotatable bonds is 8. The van der Waals surface area contributed by atoms with Gasteiger partial charge in [0.25, 0.3) is 0 Å². The van der Waals surface area contributed by atoms with Crippen LogP contribution in [-0.4, -0.2) is 40.0 Å². The van der Waals surface area contributed by atoms with Gasteiger partial charge in [-0.1, -0.05) is 42.5 Å². The third kappa shape index (κ3) is 5.00. The number of carbonyl (C=O) groups excluding carboxylic acids is 1. The van der Waals surface area contributed by atoms with Crippen LogP contribution in [0, 0.1) is 0 Å². The molecule has 1 aliphatic heterocycles. The molecule has 2 heterocycles. The summed E-state index contributed by atoms with van der Waals surface area (Å²) in [6.07, 6.45) is 3.63. The van der Waals surface area contributed by atoms with E-state index in [9.17, 15) is 9.90 Å². The van der Waals surface area contributed by atoms with E-state index in [0.29, 0.717) is 37.4 Å². The zero-order valence-corrected chi connectivity index (χ0v) is 16.5. The van der Waals surface area contributed by atoms with Crippen molar-refractivity contribution >= 4 is 5.78 Å². The van der Waals surface area contributed by atoms with Crippen molar-refractivity contribution in [2.24, 2.45) is 0 Å². The quantitative estimate of drug-likeness (QED) is 0.586. The molecule has 29 heavy (non-hydrogen) atoms. The molecule has 0 saturated heterocycles. The van der Waals surface area contributed by atoms with Crippen LogP contribution in [0.2, 0.25) is 0 Å². The van der Waals surface area contributed by atoms with Crippen LogP contribution in [0.25, 0.3) is 11.5 Å². The van der Waals surface area contributed by atoms with E-state index in [1.165, 1.54) is 17.4 Å². The molecule has 1 aromatic heterocycles. The summed E-state index contributed by atoms with van der Waals surface area (Å²) in [6, 6.07) is 18.0. The minimum absolute atomic E-state index is 0.0463. The van der Waals surface area contributed by atoms with Crippen molar-refractivity contribution in [1.82, 2.24) is 9.88 Å². The Balaban J connectivity index is 1.22. The van der Waals surface area contributed by atoms with Gasteiger partial charge >= 0.3 is 0 Å². The molecule has 1 N–H and O–H groups in total. The predicted molar refractivity (Wildman–Crippen MR) is 112 cm³/mol. The molecule has 0 aliphatic carbocycles. The number of aliphatic hydroxyl groups is 1. The smallest absolute Gasteiger partial charge is 0.226 e. The maximum absolute atomic E-state index is 12.4. The fourth-order valence-corrected chi connectivity index (χ4v) is 3.84. The molecule has 1 atom stereocenters. The van der Waals surface area contributed by atoms with Gasteiger partial charge in [0.1, 0.15) is 12.0 Å². The third-order valence-electron chi connectivity index (χ3n) is 5.43. The first-order valence-corrected chi connectivity index (χ1v) is 10.2. The second-order valence-corrected chi connectivity index (χ2v) is 7.63. The van der Waals surface area contributed by atoms with E-state index in [2.05, 4.69) is 34.1 Å². The second-order valence-electron chi connectivity index (χ2n) is 7.63. The number of ketones is 1. The van der Waals surface area contributed by atoms with Crippen LogP contribution >= 0.6 is 0 Å². The first kappa shape index (κ1) is 19.6. The lowest BCUT2D eigenvalue weighted by atomic mass is 9.99. The van der Waals surface area contributed by atoms with Crippen molar-refractivity contribution in [3.63, 3.8) is 0 Å². The van der Waals surface area contributed by atoms with Gasteiger partial charge in [0, 0.05) is 31.6 Å². The fourth-order valence-electron chi connectivity index (χ4n) is 3.84. The molecule has 1 unspecified atom stereocenters. The number of nitrogens with zero attached hydrogens (tertiary/aromatic N) is 2. The van der Waals surface area contributed by atoms with Crippen molar-refractivity contribution < 1.29 is 14.3 Å². The van der Waals surface area contributed by atoms with Crippen LogP contribution in [0.4, 0.5) is 0 Å². The highest BCUT2D eigenvalue weighted by atomic mass is 16.3. The number of aliphatic hydroxyl groups excluding tert-OH is 1. The third-order valence-corrected chi connectivity index (χ3v) is 5.43. The summed E-state index contributed by atoms with van der Waals surface area (Å²) >= 11 is 0. The van der Waals surface area contributed by atoms with E-state index < -0.39 is 6.10 Å². The molecular weight excluding hydrogens is 364 g/mol. The number of aromatic nitrogens is 1. The zero-order chi connectivity index (χ0) is 20.1. The van der Waals surface area contributed by atoms with Crippen molar-refractivity contribution in [2.45, 2.75) is 38.3 Å². The Morgan fingerprint density at radius 2 is 1.86 bits per heavy atom. The van der Waals surface area contributed by atoms with E-state index in [-0.39, 0.29) is 5.78 Å². The van der Waals surface area contributed by atoms with Crippen LogP contribution in [0.15, 0.2) is 65.3 Å². The van der Waals surface area contributed by atoms with Crippen LogP contribution in [0.5, 0.6) is 0 Å². The first-order valence-electron chi connectivity index (χ1n) is 10.2. The molecule has 2 aromatic carbocycles. The Morgan fingerprint density at radius 3 is 2.69 bits per heavy atom. The highest BCUT2D eigenvalue weighted by Gasteiger charge is 2.19. The molecule has 0 bridgehead atoms. The molecule has 0 radical (unpaired) electrons. The number of carbonyl (C=O) groups is 1. The number of Topliss-reactive ketones (excluding diaryl/α,β-unsaturated/α-hetero) is 1. The fraction of sp³-hybridized carbons (Fsp3) is 0.333. The Labute approximate surface area is 171 Å². The summed E-state index contributed by atoms with van der Waals surface area (Å²) in [6.45, 7) is 2.49. The molecule has 4 rings (SSSR count). The van der Waals surface area contributed by atoms with Crippen LogP contribution in [0.1, 0.15) is 40.9 Å². The van der Waals surface area contributed by atoms with Crippen LogP contribution < -0.4 is 0 Å². The summed E-state index contributed by atoms with van der Waals surface area (Å²) in [4.78, 5) is 19.0. The maximum atomic E-state index is 12.4. The van der Waals surface area contributed by atoms with E-state index in [0.717, 1.165) is 25.1 Å². The SMILES string of the molecule is O=C(CCCC(O)CN1CCc2ccccc2C1)c1coc(-c2ccccc2)n1. The van der Waals surface area contributed by atoms with Gasteiger partial charge in [0.2, 0.25) is 5.89 Å². The molecule has 0 spiro atoms. The Hall–Kier alpha value is -2.76. The standard InChI is InChI=1S/C24H26N2O3/c27-21(16-26-14-13-18-7-4-5-10-20(18)15-26)11-6-12-23(28)22-17-29-24(25-22)19-8-2-1-3-9-19/h1-5,7-10,17,21,27H,6,11-16H2. The molecule has 5 heteroatoms. The monoisotopic (exact) mass is 390 g/mol. The molecule has 5 nitrogen and oxygen atoms in total. The lowest BCUT2D eigenvalue weighted by molar-refractivity contribution is 0.0899. The number of β-amino-alcohol motifs (C(OH)–C–C–N with tert-alkyl or cyclic N) is 1. The molecule has 3 aromatic rings. The molecule has 0 fully saturated rings. The predicted octanol–water partition coefficient (Wildman–Crippen LogP) is 4.11. The van der Waals surface area contributed by atoms with Crippen LogP contribution in [0.3, 0.4) is 0 Å². The van der Waals surface area contributed by atoms with Gasteiger partial charge in [-0.3, -0.25) is 9.69 Å². The van der Waals surface area contributed by atoms with E-state index in [1.807, 2.05) is 30.3 Å². The van der Waals surface area contributed by atoms with E-state index in [1.54, 1.807) is 0 Å². The van der Waals surface area contributed by atoms with Gasteiger partial charge in [-0.05, 0) is 42.5 Å². The van der Waals surface area contributed by atoms with E-state index in [4.69, 9.17) is 4.42 Å². The van der Waals surface area contributed by atoms with Crippen LogP contribution in [-0.2, 0) is 13.0 Å². The summed E-state index contributed by atoms with van der Waals surface area (Å²) in [5, 5.41) is 10.4. The zero-order valence-electron chi connectivity index (χ0n) is 16.5. The Bertz CT molecular complexity index is 952. The normalized spacial score (nSPS) is 15.1. The highest BCUT2D eigenvalue weighted by molar-refractivity contribution is 5.94. The highest BCUT2D eigenvalue weighted by Crippen LogP contribution is 2.20. The summed E-state index contributed by atoms with van der Waals surface area (Å²) < 4.78 is 5.44. The second kappa shape index (κ2) is 9.16. The van der Waals surface area contributed by atoms with Gasteiger partial charge in [-0.15, -0.1) is 0 Å². The minimum Gasteiger partial charge on any atom is -0.444 e. The maximum Gasteiger partial charge on any atom is 0.226 e. The van der Waals surface area contributed by atoms with Gasteiger partial charge < -0.3 is 9.52 Å². The van der Waals surface area contributed by atoms with Gasteiger partial charge in [0.05, 0.1) is 6.10 Å². The van der Waals surface area contributed by atoms with Gasteiger partial charge in [-0.25, -0.2) is 4.98 Å². The van der Waals surface area contributed by atoms with Crippen molar-refractivity contribution in [3.8, 4) is 11.5 Å². The van der Waals surface area contributed by atoms with Gasteiger partial charge in [0.15, 0.2) is 5.78 Å². The molecule has 1 aliphatic rings. The summed E-state index contributed by atoms with van der Waals surface area (Å²) in [5.74, 6) is 0.411. The molecule has 0 amide bonds. The lowest BCUT2D eigenvalue weighted by Crippen LogP contribution is -2.36. The number of oxazole rings is 1. The Morgan fingerprint density at radius 1 is 1.10 bits per heavy atom. The molecule has 0 saturated carbocycles. The minimum atomic E-state index is -0.426. The average molecular weight is 390 g/mol. The number of hydrogen-bond donors (Lipinski definition) is 1. The topological polar surface area (TPSA) is 66.6 Å². The van der Waals surface area contributed by atoms with Crippen molar-refractivity contribution in [1.29, 1.82) is 0 Å². The summed E-state index contributed by atoms with van der Waals surface area (Å²) in [5.41, 5.74) is 3.96. The first-order chi connectivity index (χ1) is 14.2. The molecule has 150 valence electrons. The average Bonchev–Trinajstić information content (AvgIpc) is 3.25. The largest absolute Gasteiger partial charge is 0.444 e. The number of hydrogen-bond acceptors (Lipinski definition) is 5. The van der Waals surface area contributed by atoms with E-state index >= 15 is 0 Å². The number of benzene rings is 2. The Kier molecular flexibility index (Phi) is 6.17. The van der Waals surface area contributed by atoms with Crippen molar-refractivity contribution in [3.05, 3.63) is 77.7 Å². The van der Waals surface area contributed by atoms with Gasteiger partial charge in [-0.2, -0.15) is 0 Å².